The molecule has 0 heteroatoms. The van der Waals surface area contributed by atoms with Gasteiger partial charge in [-0.15, -0.1) is 0 Å². The lowest BCUT2D eigenvalue weighted by atomic mass is 9.95. The number of benzene rings is 1. The molecule has 72 valence electrons. The predicted molar refractivity (Wildman–Crippen MR) is 62.8 cm³/mol. The van der Waals surface area contributed by atoms with E-state index in [0.717, 1.165) is 0 Å². The second-order valence-electron chi connectivity index (χ2n) is 4.17. The molecule has 0 aliphatic heterocycles. The second-order valence-corrected chi connectivity index (χ2v) is 4.17. The van der Waals surface area contributed by atoms with E-state index in [1.165, 1.54) is 11.1 Å². The van der Waals surface area contributed by atoms with Crippen LogP contribution in [0.5, 0.6) is 0 Å². The van der Waals surface area contributed by atoms with Crippen molar-refractivity contribution < 1.29 is 0 Å². The van der Waals surface area contributed by atoms with Crippen molar-refractivity contribution in [2.24, 2.45) is 11.8 Å². The molecule has 0 saturated heterocycles. The zero-order valence-electron chi connectivity index (χ0n) is 8.77. The van der Waals surface area contributed by atoms with Gasteiger partial charge in [0.05, 0.1) is 0 Å². The van der Waals surface area contributed by atoms with E-state index in [9.17, 15) is 0 Å². The van der Waals surface area contributed by atoms with E-state index in [-0.39, 0.29) is 0 Å². The molecule has 0 heterocycles. The first-order chi connectivity index (χ1) is 6.77. The average molecular weight is 184 g/mol. The van der Waals surface area contributed by atoms with Crippen LogP contribution in [0.4, 0.5) is 0 Å². The topological polar surface area (TPSA) is 0 Å². The summed E-state index contributed by atoms with van der Waals surface area (Å²) in [7, 11) is 0. The van der Waals surface area contributed by atoms with Crippen molar-refractivity contribution >= 4 is 12.2 Å². The summed E-state index contributed by atoms with van der Waals surface area (Å²) in [6.07, 6.45) is 9.07. The van der Waals surface area contributed by atoms with E-state index >= 15 is 0 Å². The summed E-state index contributed by atoms with van der Waals surface area (Å²) >= 11 is 0. The summed E-state index contributed by atoms with van der Waals surface area (Å²) in [5, 5.41) is 0. The maximum atomic E-state index is 2.30. The Bertz CT molecular complexity index is 336. The molecule has 1 aromatic carbocycles. The fourth-order valence-corrected chi connectivity index (χ4v) is 1.75. The van der Waals surface area contributed by atoms with E-state index in [4.69, 9.17) is 0 Å². The summed E-state index contributed by atoms with van der Waals surface area (Å²) in [4.78, 5) is 0. The van der Waals surface area contributed by atoms with Gasteiger partial charge in [-0.2, -0.15) is 0 Å². The zero-order valence-corrected chi connectivity index (χ0v) is 8.77. The normalized spacial score (nSPS) is 15.6. The number of allylic oxidation sites excluding steroid dienone is 2. The van der Waals surface area contributed by atoms with Crippen LogP contribution < -0.4 is 0 Å². The van der Waals surface area contributed by atoms with Gasteiger partial charge < -0.3 is 0 Å². The highest BCUT2D eigenvalue weighted by Gasteiger charge is 2.08. The lowest BCUT2D eigenvalue weighted by Crippen LogP contribution is -2.00. The smallest absolute Gasteiger partial charge is 0.00238 e. The molecule has 0 fully saturated rings. The molecule has 14 heavy (non-hydrogen) atoms. The van der Waals surface area contributed by atoms with Crippen molar-refractivity contribution in [2.75, 3.05) is 0 Å². The van der Waals surface area contributed by atoms with E-state index < -0.39 is 0 Å². The Labute approximate surface area is 86.0 Å². The van der Waals surface area contributed by atoms with Gasteiger partial charge in [0, 0.05) is 0 Å². The maximum absolute atomic E-state index is 2.30. The van der Waals surface area contributed by atoms with Gasteiger partial charge in [0.1, 0.15) is 0 Å². The highest BCUT2D eigenvalue weighted by Crippen LogP contribution is 2.23. The van der Waals surface area contributed by atoms with Crippen molar-refractivity contribution in [2.45, 2.75) is 13.8 Å². The van der Waals surface area contributed by atoms with Crippen LogP contribution in [0, 0.1) is 11.8 Å². The predicted octanol–water partition coefficient (Wildman–Crippen LogP) is 4.00. The van der Waals surface area contributed by atoms with Crippen LogP contribution in [0.15, 0.2) is 36.4 Å². The molecular formula is C14H16. The highest BCUT2D eigenvalue weighted by molar-refractivity contribution is 5.67. The van der Waals surface area contributed by atoms with Crippen LogP contribution in [0.25, 0.3) is 12.2 Å². The fraction of sp³-hybridized carbons (Fsp3) is 0.286. The zero-order chi connectivity index (χ0) is 9.97. The van der Waals surface area contributed by atoms with Gasteiger partial charge in [-0.05, 0) is 23.0 Å². The number of hydrogen-bond donors (Lipinski definition) is 0. The van der Waals surface area contributed by atoms with E-state index in [1.54, 1.807) is 0 Å². The first-order valence-corrected chi connectivity index (χ1v) is 5.23. The van der Waals surface area contributed by atoms with Crippen LogP contribution in [-0.4, -0.2) is 0 Å². The molecule has 0 radical (unpaired) electrons. The number of fused-ring (bicyclic) bond motifs is 1. The third-order valence-electron chi connectivity index (χ3n) is 2.76. The Morgan fingerprint density at radius 2 is 1.43 bits per heavy atom. The molecule has 1 aliphatic carbocycles. The Hall–Kier alpha value is -1.30. The Kier molecular flexibility index (Phi) is 2.53. The van der Waals surface area contributed by atoms with Gasteiger partial charge in [-0.25, -0.2) is 0 Å². The summed E-state index contributed by atoms with van der Waals surface area (Å²) in [6, 6.07) is 8.51. The summed E-state index contributed by atoms with van der Waals surface area (Å²) in [6.45, 7) is 4.52. The van der Waals surface area contributed by atoms with Crippen molar-refractivity contribution in [3.63, 3.8) is 0 Å². The van der Waals surface area contributed by atoms with Gasteiger partial charge in [0.15, 0.2) is 0 Å². The van der Waals surface area contributed by atoms with Crippen molar-refractivity contribution in [3.8, 4) is 0 Å². The standard InChI is InChI=1S/C14H16/c1-11(2)12-7-9-13-5-3-4-6-14(13)10-8-12/h3-12H,1-2H3. The minimum absolute atomic E-state index is 0.572. The molecule has 0 nitrogen and oxygen atoms in total. The van der Waals surface area contributed by atoms with Crippen molar-refractivity contribution in [1.82, 2.24) is 0 Å². The molecule has 0 unspecified atom stereocenters. The first kappa shape index (κ1) is 9.26. The fourth-order valence-electron chi connectivity index (χ4n) is 1.75. The molecular weight excluding hydrogens is 168 g/mol. The molecule has 0 saturated carbocycles. The molecule has 0 spiro atoms. The average Bonchev–Trinajstić information content (AvgIpc) is 2.39. The third-order valence-corrected chi connectivity index (χ3v) is 2.76. The molecule has 1 aromatic rings. The summed E-state index contributed by atoms with van der Waals surface area (Å²) < 4.78 is 0. The van der Waals surface area contributed by atoms with E-state index in [0.29, 0.717) is 11.8 Å². The lowest BCUT2D eigenvalue weighted by Gasteiger charge is -2.10. The van der Waals surface area contributed by atoms with Gasteiger partial charge in [0.25, 0.3) is 0 Å². The summed E-state index contributed by atoms with van der Waals surface area (Å²) in [5.41, 5.74) is 2.65. The van der Waals surface area contributed by atoms with Gasteiger partial charge in [-0.1, -0.05) is 62.4 Å². The van der Waals surface area contributed by atoms with Gasteiger partial charge in [-0.3, -0.25) is 0 Å². The molecule has 0 atom stereocenters. The molecule has 2 rings (SSSR count). The van der Waals surface area contributed by atoms with Crippen molar-refractivity contribution in [3.05, 3.63) is 47.5 Å². The minimum atomic E-state index is 0.572. The van der Waals surface area contributed by atoms with Crippen LogP contribution in [0.2, 0.25) is 0 Å². The van der Waals surface area contributed by atoms with E-state index in [1.807, 2.05) is 0 Å². The third kappa shape index (κ3) is 1.79. The molecule has 0 N–H and O–H groups in total. The monoisotopic (exact) mass is 184 g/mol. The largest absolute Gasteiger partial charge is 0.0767 e. The second kappa shape index (κ2) is 3.83. The molecule has 0 bridgehead atoms. The molecule has 0 amide bonds. The number of rotatable bonds is 1. The lowest BCUT2D eigenvalue weighted by molar-refractivity contribution is 0.554. The first-order valence-electron chi connectivity index (χ1n) is 5.23. The van der Waals surface area contributed by atoms with Gasteiger partial charge >= 0.3 is 0 Å². The number of hydrogen-bond acceptors (Lipinski definition) is 0. The maximum Gasteiger partial charge on any atom is -0.00238 e. The van der Waals surface area contributed by atoms with Crippen LogP contribution >= 0.6 is 0 Å². The quantitative estimate of drug-likeness (QED) is 0.619. The molecule has 0 aromatic heterocycles. The summed E-state index contributed by atoms with van der Waals surface area (Å²) in [5.74, 6) is 1.25. The Balaban J connectivity index is 2.37. The van der Waals surface area contributed by atoms with Crippen LogP contribution in [0.3, 0.4) is 0 Å². The Morgan fingerprint density at radius 1 is 0.929 bits per heavy atom. The minimum Gasteiger partial charge on any atom is -0.0767 e. The van der Waals surface area contributed by atoms with E-state index in [2.05, 4.69) is 62.4 Å². The van der Waals surface area contributed by atoms with Crippen molar-refractivity contribution in [1.29, 1.82) is 0 Å². The highest BCUT2D eigenvalue weighted by atomic mass is 14.1. The van der Waals surface area contributed by atoms with Crippen LogP contribution in [-0.2, 0) is 0 Å². The Morgan fingerprint density at radius 3 is 1.86 bits per heavy atom. The van der Waals surface area contributed by atoms with Crippen LogP contribution in [0.1, 0.15) is 25.0 Å². The van der Waals surface area contributed by atoms with Gasteiger partial charge in [0.2, 0.25) is 0 Å². The SMILES string of the molecule is CC(C)C1C=Cc2ccccc2C=C1. The molecule has 1 aliphatic rings.